The van der Waals surface area contributed by atoms with Gasteiger partial charge in [0.1, 0.15) is 11.6 Å². The molecular formula is C26H25N5O. The summed E-state index contributed by atoms with van der Waals surface area (Å²) in [7, 11) is 4.25. The number of nitrogens with zero attached hydrogens (tertiary/aromatic N) is 5. The zero-order valence-electron chi connectivity index (χ0n) is 18.5. The Morgan fingerprint density at radius 2 is 1.91 bits per heavy atom. The van der Waals surface area contributed by atoms with Crippen molar-refractivity contribution < 1.29 is 4.42 Å². The first-order chi connectivity index (χ1) is 15.6. The number of likely N-dealkylation sites (N-methyl/N-ethyl adjacent to an activating group) is 1. The second-order valence-electron chi connectivity index (χ2n) is 8.49. The fourth-order valence-corrected chi connectivity index (χ4v) is 4.62. The lowest BCUT2D eigenvalue weighted by molar-refractivity contribution is 0.315. The molecule has 1 fully saturated rings. The molecule has 0 spiro atoms. The summed E-state index contributed by atoms with van der Waals surface area (Å²) in [5.41, 5.74) is 6.72. The smallest absolute Gasteiger partial charge is 0.229 e. The van der Waals surface area contributed by atoms with Crippen molar-refractivity contribution in [2.75, 3.05) is 32.1 Å². The highest BCUT2D eigenvalue weighted by Crippen LogP contribution is 2.44. The topological polar surface area (TPSA) is 69.2 Å². The van der Waals surface area contributed by atoms with E-state index in [2.05, 4.69) is 47.1 Å². The van der Waals surface area contributed by atoms with Gasteiger partial charge in [0.05, 0.1) is 16.8 Å². The average molecular weight is 424 g/mol. The summed E-state index contributed by atoms with van der Waals surface area (Å²) < 4.78 is 6.40. The molecule has 0 radical (unpaired) electrons. The van der Waals surface area contributed by atoms with Gasteiger partial charge in [-0.25, -0.2) is 4.98 Å². The monoisotopic (exact) mass is 423 g/mol. The van der Waals surface area contributed by atoms with Crippen molar-refractivity contribution in [3.8, 4) is 28.7 Å². The van der Waals surface area contributed by atoms with Gasteiger partial charge in [-0.05, 0) is 50.7 Å². The molecule has 0 amide bonds. The van der Waals surface area contributed by atoms with Crippen molar-refractivity contribution in [3.63, 3.8) is 0 Å². The van der Waals surface area contributed by atoms with Crippen molar-refractivity contribution in [2.24, 2.45) is 0 Å². The largest absolute Gasteiger partial charge is 0.434 e. The maximum atomic E-state index is 10.1. The van der Waals surface area contributed by atoms with Gasteiger partial charge in [0.15, 0.2) is 5.58 Å². The van der Waals surface area contributed by atoms with E-state index >= 15 is 0 Å². The van der Waals surface area contributed by atoms with Gasteiger partial charge in [-0.3, -0.25) is 4.98 Å². The Bertz CT molecular complexity index is 1310. The van der Waals surface area contributed by atoms with Crippen molar-refractivity contribution in [2.45, 2.75) is 19.4 Å². The summed E-state index contributed by atoms with van der Waals surface area (Å²) >= 11 is 0. The summed E-state index contributed by atoms with van der Waals surface area (Å²) in [6, 6.07) is 16.9. The van der Waals surface area contributed by atoms with Gasteiger partial charge in [-0.1, -0.05) is 30.3 Å². The van der Waals surface area contributed by atoms with Crippen molar-refractivity contribution >= 4 is 16.8 Å². The molecule has 1 aliphatic rings. The molecule has 2 aromatic carbocycles. The minimum absolute atomic E-state index is 0.463. The van der Waals surface area contributed by atoms with Crippen LogP contribution in [0.25, 0.3) is 33.7 Å². The molecule has 2 aromatic heterocycles. The van der Waals surface area contributed by atoms with E-state index in [9.17, 15) is 5.26 Å². The van der Waals surface area contributed by atoms with Gasteiger partial charge in [-0.15, -0.1) is 0 Å². The van der Waals surface area contributed by atoms with Crippen LogP contribution in [0, 0.1) is 18.3 Å². The van der Waals surface area contributed by atoms with E-state index < -0.39 is 0 Å². The van der Waals surface area contributed by atoms with E-state index in [0.717, 1.165) is 47.5 Å². The van der Waals surface area contributed by atoms with Crippen LogP contribution in [-0.4, -0.2) is 48.1 Å². The summed E-state index contributed by atoms with van der Waals surface area (Å²) in [5.74, 6) is 0.485. The van der Waals surface area contributed by atoms with Crippen LogP contribution < -0.4 is 4.90 Å². The summed E-state index contributed by atoms with van der Waals surface area (Å²) in [4.78, 5) is 13.6. The Balaban J connectivity index is 1.81. The molecule has 1 saturated heterocycles. The van der Waals surface area contributed by atoms with Gasteiger partial charge >= 0.3 is 0 Å². The van der Waals surface area contributed by atoms with Crippen LogP contribution in [0.1, 0.15) is 17.5 Å². The molecule has 6 nitrogen and oxygen atoms in total. The number of benzene rings is 2. The molecule has 3 heterocycles. The molecule has 32 heavy (non-hydrogen) atoms. The predicted octanol–water partition coefficient (Wildman–Crippen LogP) is 4.88. The van der Waals surface area contributed by atoms with Gasteiger partial charge < -0.3 is 14.2 Å². The molecule has 0 unspecified atom stereocenters. The molecule has 0 N–H and O–H groups in total. The highest BCUT2D eigenvalue weighted by atomic mass is 16.3. The fraction of sp³-hybridized carbons (Fsp3) is 0.269. The summed E-state index contributed by atoms with van der Waals surface area (Å²) in [6.45, 7) is 3.84. The Kier molecular flexibility index (Phi) is 5.12. The number of fused-ring (bicyclic) bond motifs is 1. The van der Waals surface area contributed by atoms with Crippen LogP contribution in [0.2, 0.25) is 0 Å². The fourth-order valence-electron chi connectivity index (χ4n) is 4.62. The molecule has 0 saturated carbocycles. The maximum Gasteiger partial charge on any atom is 0.229 e. The second-order valence-corrected chi connectivity index (χ2v) is 8.49. The lowest BCUT2D eigenvalue weighted by Crippen LogP contribution is -2.31. The number of rotatable bonds is 4. The third kappa shape index (κ3) is 3.31. The van der Waals surface area contributed by atoms with Crippen LogP contribution in [0.15, 0.2) is 59.3 Å². The molecule has 0 bridgehead atoms. The average Bonchev–Trinajstić information content (AvgIpc) is 3.48. The zero-order valence-corrected chi connectivity index (χ0v) is 18.5. The number of oxazole rings is 1. The second kappa shape index (κ2) is 8.10. The first-order valence-electron chi connectivity index (χ1n) is 10.8. The van der Waals surface area contributed by atoms with Crippen LogP contribution in [0.4, 0.5) is 5.69 Å². The normalized spacial score (nSPS) is 16.1. The number of hydrogen-bond acceptors (Lipinski definition) is 6. The number of anilines is 1. The quantitative estimate of drug-likeness (QED) is 0.466. The van der Waals surface area contributed by atoms with Crippen molar-refractivity contribution in [1.29, 1.82) is 5.26 Å². The van der Waals surface area contributed by atoms with Crippen LogP contribution >= 0.6 is 0 Å². The third-order valence-electron chi connectivity index (χ3n) is 6.36. The SMILES string of the molecule is Cc1c(-c2ccccc2)c(N2CC[C@H](N(C)C)C2)c2oc(-c3cccnc3)nc2c1C#N. The van der Waals surface area contributed by atoms with E-state index in [1.165, 1.54) is 0 Å². The standard InChI is InChI=1S/C26H25N5O/c1-17-21(14-27)23-25(32-26(29-23)19-10-7-12-28-15-19)24(22(17)18-8-5-4-6-9-18)31-13-11-20(16-31)30(2)3/h4-10,12,15,20H,11,13,16H2,1-3H3/t20-/m0/s1. The lowest BCUT2D eigenvalue weighted by atomic mass is 9.93. The Morgan fingerprint density at radius 3 is 2.56 bits per heavy atom. The van der Waals surface area contributed by atoms with E-state index in [0.29, 0.717) is 28.6 Å². The van der Waals surface area contributed by atoms with E-state index in [1.54, 1.807) is 12.4 Å². The predicted molar refractivity (Wildman–Crippen MR) is 126 cm³/mol. The molecule has 1 atom stereocenters. The van der Waals surface area contributed by atoms with Gasteiger partial charge in [-0.2, -0.15) is 5.26 Å². The van der Waals surface area contributed by atoms with Crippen LogP contribution in [-0.2, 0) is 0 Å². The van der Waals surface area contributed by atoms with E-state index in [4.69, 9.17) is 9.40 Å². The highest BCUT2D eigenvalue weighted by Gasteiger charge is 2.31. The van der Waals surface area contributed by atoms with Crippen LogP contribution in [0.5, 0.6) is 0 Å². The van der Waals surface area contributed by atoms with Gasteiger partial charge in [0.2, 0.25) is 5.89 Å². The lowest BCUT2D eigenvalue weighted by Gasteiger charge is -2.25. The van der Waals surface area contributed by atoms with Gasteiger partial charge in [0, 0.05) is 37.1 Å². The van der Waals surface area contributed by atoms with E-state index in [-0.39, 0.29) is 0 Å². The molecule has 1 aliphatic heterocycles. The highest BCUT2D eigenvalue weighted by molar-refractivity contribution is 6.03. The van der Waals surface area contributed by atoms with Crippen LogP contribution in [0.3, 0.4) is 0 Å². The molecule has 0 aliphatic carbocycles. The first-order valence-corrected chi connectivity index (χ1v) is 10.8. The minimum atomic E-state index is 0.463. The molecular weight excluding hydrogens is 398 g/mol. The molecule has 5 rings (SSSR count). The molecule has 160 valence electrons. The zero-order chi connectivity index (χ0) is 22.2. The van der Waals surface area contributed by atoms with E-state index in [1.807, 2.05) is 37.3 Å². The third-order valence-corrected chi connectivity index (χ3v) is 6.36. The minimum Gasteiger partial charge on any atom is -0.434 e. The molecule has 4 aromatic rings. The number of nitriles is 1. The Labute approximate surface area is 187 Å². The number of aromatic nitrogens is 2. The summed E-state index contributed by atoms with van der Waals surface area (Å²) in [5, 5.41) is 10.1. The number of hydrogen-bond donors (Lipinski definition) is 0. The summed E-state index contributed by atoms with van der Waals surface area (Å²) in [6.07, 6.45) is 4.53. The van der Waals surface area contributed by atoms with Gasteiger partial charge in [0.25, 0.3) is 0 Å². The first kappa shape index (κ1) is 20.2. The Morgan fingerprint density at radius 1 is 1.12 bits per heavy atom. The maximum absolute atomic E-state index is 10.1. The number of pyridine rings is 1. The van der Waals surface area contributed by atoms with Crippen molar-refractivity contribution in [3.05, 3.63) is 66.0 Å². The molecule has 6 heteroatoms. The Hall–Kier alpha value is -3.69. The van der Waals surface area contributed by atoms with Crippen molar-refractivity contribution in [1.82, 2.24) is 14.9 Å².